The Kier molecular flexibility index (Phi) is 7.54. The highest BCUT2D eigenvalue weighted by atomic mass is 16.6. The molecule has 1 aliphatic carbocycles. The number of hydrogen-bond acceptors (Lipinski definition) is 6. The molecule has 2 N–H and O–H groups in total. The van der Waals surface area contributed by atoms with E-state index in [9.17, 15) is 14.7 Å². The summed E-state index contributed by atoms with van der Waals surface area (Å²) < 4.78 is 11.9. The molecule has 2 heterocycles. The van der Waals surface area contributed by atoms with Gasteiger partial charge in [-0.2, -0.15) is 0 Å². The number of hydrogen-bond donors (Lipinski definition) is 2. The minimum absolute atomic E-state index is 0.0337. The van der Waals surface area contributed by atoms with Crippen LogP contribution in [-0.2, 0) is 16.1 Å². The van der Waals surface area contributed by atoms with E-state index in [2.05, 4.69) is 10.3 Å². The lowest BCUT2D eigenvalue weighted by molar-refractivity contribution is -0.149. The molecule has 0 spiro atoms. The molecule has 0 radical (unpaired) electrons. The number of phenolic OH excluding ortho intramolecular Hbond substituents is 1. The third kappa shape index (κ3) is 5.85. The van der Waals surface area contributed by atoms with E-state index < -0.39 is 12.1 Å². The lowest BCUT2D eigenvalue weighted by Gasteiger charge is -2.36. The van der Waals surface area contributed by atoms with E-state index in [0.29, 0.717) is 17.1 Å². The van der Waals surface area contributed by atoms with E-state index in [0.717, 1.165) is 31.2 Å². The van der Waals surface area contributed by atoms with Gasteiger partial charge in [-0.3, -0.25) is 14.6 Å². The molecule has 1 aliphatic heterocycles. The quantitative estimate of drug-likeness (QED) is 0.505. The van der Waals surface area contributed by atoms with Gasteiger partial charge in [0.2, 0.25) is 12.0 Å². The van der Waals surface area contributed by atoms with Crippen LogP contribution < -0.4 is 14.8 Å². The third-order valence-electron chi connectivity index (χ3n) is 6.86. The number of para-hydroxylation sites is 2. The van der Waals surface area contributed by atoms with Crippen LogP contribution in [-0.4, -0.2) is 45.6 Å². The Labute approximate surface area is 216 Å². The maximum absolute atomic E-state index is 14.1. The van der Waals surface area contributed by atoms with Crippen LogP contribution in [0.4, 0.5) is 0 Å². The Morgan fingerprint density at radius 1 is 1.00 bits per heavy atom. The van der Waals surface area contributed by atoms with E-state index in [-0.39, 0.29) is 36.8 Å². The summed E-state index contributed by atoms with van der Waals surface area (Å²) in [7, 11) is 0. The van der Waals surface area contributed by atoms with Gasteiger partial charge in [-0.25, -0.2) is 0 Å². The maximum Gasteiger partial charge on any atom is 0.268 e. The van der Waals surface area contributed by atoms with Gasteiger partial charge in [0, 0.05) is 25.0 Å². The smallest absolute Gasteiger partial charge is 0.268 e. The minimum Gasteiger partial charge on any atom is -0.508 e. The highest BCUT2D eigenvalue weighted by Crippen LogP contribution is 2.33. The summed E-state index contributed by atoms with van der Waals surface area (Å²) in [6, 6.07) is 16.4. The zero-order valence-electron chi connectivity index (χ0n) is 20.6. The Bertz CT molecular complexity index is 1210. The number of carbonyl (C=O) groups is 2. The Morgan fingerprint density at radius 2 is 1.76 bits per heavy atom. The molecule has 8 nitrogen and oxygen atoms in total. The van der Waals surface area contributed by atoms with Crippen molar-refractivity contribution in [1.82, 2.24) is 15.2 Å². The van der Waals surface area contributed by atoms with Crippen molar-refractivity contribution in [3.8, 4) is 17.2 Å². The molecule has 0 saturated heterocycles. The normalized spacial score (nSPS) is 18.0. The molecule has 5 rings (SSSR count). The number of benzene rings is 2. The standard InChI is InChI=1S/C29H31N3O5/c33-23-14-12-21(13-15-23)27(28(34)31-22-8-2-1-3-9-22)32(18-20-7-6-16-30-17-20)29(35)26-19-36-24-10-4-5-11-25(24)37-26/h4-7,10-17,22,26-27,33H,1-3,8-9,18-19H2,(H,31,34)/t26-,27+/m0/s1. The van der Waals surface area contributed by atoms with Gasteiger partial charge in [0.25, 0.3) is 5.91 Å². The van der Waals surface area contributed by atoms with Crippen LogP contribution in [0.25, 0.3) is 0 Å². The fraction of sp³-hybridized carbons (Fsp3) is 0.345. The number of aromatic nitrogens is 1. The molecule has 2 aromatic carbocycles. The van der Waals surface area contributed by atoms with E-state index >= 15 is 0 Å². The number of rotatable bonds is 7. The average molecular weight is 502 g/mol. The molecule has 3 aromatic rings. The molecule has 2 aliphatic rings. The van der Waals surface area contributed by atoms with E-state index in [1.54, 1.807) is 42.7 Å². The van der Waals surface area contributed by atoms with Crippen molar-refractivity contribution in [2.24, 2.45) is 0 Å². The first-order valence-corrected chi connectivity index (χ1v) is 12.8. The maximum atomic E-state index is 14.1. The lowest BCUT2D eigenvalue weighted by atomic mass is 9.94. The van der Waals surface area contributed by atoms with Gasteiger partial charge in [0.1, 0.15) is 18.4 Å². The molecule has 2 atom stereocenters. The largest absolute Gasteiger partial charge is 0.508 e. The molecule has 37 heavy (non-hydrogen) atoms. The van der Waals surface area contributed by atoms with Crippen LogP contribution in [0.2, 0.25) is 0 Å². The number of amides is 2. The van der Waals surface area contributed by atoms with Gasteiger partial charge >= 0.3 is 0 Å². The highest BCUT2D eigenvalue weighted by Gasteiger charge is 2.38. The van der Waals surface area contributed by atoms with Gasteiger partial charge < -0.3 is 24.8 Å². The second-order valence-corrected chi connectivity index (χ2v) is 9.53. The molecule has 0 bridgehead atoms. The van der Waals surface area contributed by atoms with Crippen LogP contribution in [0.5, 0.6) is 17.2 Å². The summed E-state index contributed by atoms with van der Waals surface area (Å²) >= 11 is 0. The summed E-state index contributed by atoms with van der Waals surface area (Å²) in [6.07, 6.45) is 7.56. The highest BCUT2D eigenvalue weighted by molar-refractivity contribution is 5.91. The zero-order valence-corrected chi connectivity index (χ0v) is 20.6. The van der Waals surface area contributed by atoms with Crippen LogP contribution in [0, 0.1) is 0 Å². The van der Waals surface area contributed by atoms with E-state index in [1.165, 1.54) is 23.5 Å². The predicted octanol–water partition coefficient (Wildman–Crippen LogP) is 4.15. The molecular formula is C29H31N3O5. The van der Waals surface area contributed by atoms with Gasteiger partial charge in [-0.1, -0.05) is 49.6 Å². The molecule has 0 unspecified atom stereocenters. The van der Waals surface area contributed by atoms with Crippen molar-refractivity contribution in [1.29, 1.82) is 0 Å². The molecular weight excluding hydrogens is 470 g/mol. The van der Waals surface area contributed by atoms with E-state index in [1.807, 2.05) is 18.2 Å². The van der Waals surface area contributed by atoms with Gasteiger partial charge in [0.05, 0.1) is 0 Å². The van der Waals surface area contributed by atoms with Crippen molar-refractivity contribution in [2.75, 3.05) is 6.61 Å². The second kappa shape index (κ2) is 11.3. The molecule has 8 heteroatoms. The Balaban J connectivity index is 1.49. The zero-order chi connectivity index (χ0) is 25.6. The summed E-state index contributed by atoms with van der Waals surface area (Å²) in [4.78, 5) is 33.6. The average Bonchev–Trinajstić information content (AvgIpc) is 2.94. The molecule has 1 saturated carbocycles. The SMILES string of the molecule is O=C(NC1CCCCC1)[C@@H](c1ccc(O)cc1)N(Cc1cccnc1)C(=O)[C@@H]1COc2ccccc2O1. The first kappa shape index (κ1) is 24.6. The second-order valence-electron chi connectivity index (χ2n) is 9.53. The topological polar surface area (TPSA) is 101 Å². The fourth-order valence-electron chi connectivity index (χ4n) is 4.97. The Morgan fingerprint density at radius 3 is 2.49 bits per heavy atom. The van der Waals surface area contributed by atoms with Crippen molar-refractivity contribution >= 4 is 11.8 Å². The molecule has 1 aromatic heterocycles. The number of ether oxygens (including phenoxy) is 2. The van der Waals surface area contributed by atoms with Crippen molar-refractivity contribution in [3.05, 3.63) is 84.2 Å². The number of nitrogens with one attached hydrogen (secondary N) is 1. The number of fused-ring (bicyclic) bond motifs is 1. The summed E-state index contributed by atoms with van der Waals surface area (Å²) in [5, 5.41) is 13.1. The van der Waals surface area contributed by atoms with Crippen LogP contribution in [0.3, 0.4) is 0 Å². The predicted molar refractivity (Wildman–Crippen MR) is 137 cm³/mol. The van der Waals surface area contributed by atoms with Gasteiger partial charge in [-0.05, 0) is 54.3 Å². The third-order valence-corrected chi connectivity index (χ3v) is 6.86. The number of phenols is 1. The number of nitrogens with zero attached hydrogens (tertiary/aromatic N) is 2. The van der Waals surface area contributed by atoms with E-state index in [4.69, 9.17) is 9.47 Å². The summed E-state index contributed by atoms with van der Waals surface area (Å²) in [5.74, 6) is 0.528. The Hall–Kier alpha value is -4.07. The summed E-state index contributed by atoms with van der Waals surface area (Å²) in [5.41, 5.74) is 1.38. The molecule has 192 valence electrons. The van der Waals surface area contributed by atoms with Gasteiger partial charge in [-0.15, -0.1) is 0 Å². The fourth-order valence-corrected chi connectivity index (χ4v) is 4.97. The van der Waals surface area contributed by atoms with Crippen molar-refractivity contribution in [2.45, 2.75) is 56.8 Å². The number of aromatic hydroxyl groups is 1. The van der Waals surface area contributed by atoms with Crippen molar-refractivity contribution < 1.29 is 24.2 Å². The van der Waals surface area contributed by atoms with Crippen LogP contribution >= 0.6 is 0 Å². The van der Waals surface area contributed by atoms with Crippen LogP contribution in [0.15, 0.2) is 73.1 Å². The first-order valence-electron chi connectivity index (χ1n) is 12.8. The van der Waals surface area contributed by atoms with Gasteiger partial charge in [0.15, 0.2) is 11.5 Å². The monoisotopic (exact) mass is 501 g/mol. The van der Waals surface area contributed by atoms with Crippen molar-refractivity contribution in [3.63, 3.8) is 0 Å². The summed E-state index contributed by atoms with van der Waals surface area (Å²) in [6.45, 7) is 0.184. The number of carbonyl (C=O) groups excluding carboxylic acids is 2. The first-order chi connectivity index (χ1) is 18.1. The molecule has 2 amide bonds. The number of pyridine rings is 1. The van der Waals surface area contributed by atoms with Crippen LogP contribution in [0.1, 0.15) is 49.3 Å². The lowest BCUT2D eigenvalue weighted by Crippen LogP contribution is -2.52. The minimum atomic E-state index is -0.934. The molecule has 1 fully saturated rings.